The van der Waals surface area contributed by atoms with Gasteiger partial charge in [0.25, 0.3) is 6.47 Å². The molecule has 12 heavy (non-hydrogen) atoms. The molecule has 1 heterocycles. The molecule has 4 heteroatoms. The molecule has 0 amide bonds. The normalized spacial score (nSPS) is 17.2. The highest BCUT2D eigenvalue weighted by atomic mass is 16.7. The zero-order valence-electron chi connectivity index (χ0n) is 6.99. The van der Waals surface area contributed by atoms with Crippen molar-refractivity contribution >= 4 is 6.47 Å². The minimum Gasteiger partial charge on any atom is -0.461 e. The van der Waals surface area contributed by atoms with E-state index in [2.05, 4.69) is 0 Å². The Balaban J connectivity index is 2.45. The zero-order valence-corrected chi connectivity index (χ0v) is 6.99. The summed E-state index contributed by atoms with van der Waals surface area (Å²) >= 11 is 0. The van der Waals surface area contributed by atoms with Crippen molar-refractivity contribution in [3.63, 3.8) is 0 Å². The maximum Gasteiger partial charge on any atom is 0.293 e. The van der Waals surface area contributed by atoms with E-state index < -0.39 is 0 Å². The zero-order chi connectivity index (χ0) is 8.81. The van der Waals surface area contributed by atoms with Crippen molar-refractivity contribution < 1.29 is 19.0 Å². The molecule has 0 radical (unpaired) electrons. The van der Waals surface area contributed by atoms with Crippen LogP contribution in [0.15, 0.2) is 12.0 Å². The van der Waals surface area contributed by atoms with Gasteiger partial charge in [-0.2, -0.15) is 0 Å². The van der Waals surface area contributed by atoms with Crippen LogP contribution in [0.4, 0.5) is 0 Å². The number of carbonyl (C=O) groups excluding carboxylic acids is 1. The second-order valence-corrected chi connectivity index (χ2v) is 2.46. The Morgan fingerprint density at radius 1 is 1.83 bits per heavy atom. The van der Waals surface area contributed by atoms with Crippen LogP contribution in [0, 0.1) is 0 Å². The molecule has 0 N–H and O–H groups in total. The van der Waals surface area contributed by atoms with Crippen molar-refractivity contribution in [1.29, 1.82) is 0 Å². The molecule has 0 saturated carbocycles. The summed E-state index contributed by atoms with van der Waals surface area (Å²) in [4.78, 5) is 10.1. The van der Waals surface area contributed by atoms with Gasteiger partial charge in [0.15, 0.2) is 11.9 Å². The number of rotatable bonds is 5. The highest BCUT2D eigenvalue weighted by Crippen LogP contribution is 2.17. The average Bonchev–Trinajstić information content (AvgIpc) is 2.56. The molecule has 0 spiro atoms. The maximum atomic E-state index is 10.1. The van der Waals surface area contributed by atoms with Gasteiger partial charge in [-0.05, 0) is 6.42 Å². The van der Waals surface area contributed by atoms with Crippen molar-refractivity contribution in [2.75, 3.05) is 6.79 Å². The fourth-order valence-corrected chi connectivity index (χ4v) is 1.03. The summed E-state index contributed by atoms with van der Waals surface area (Å²) in [6.45, 7) is 2.66. The third-order valence-electron chi connectivity index (χ3n) is 1.58. The maximum absolute atomic E-state index is 10.1. The Hall–Kier alpha value is -1.19. The lowest BCUT2D eigenvalue weighted by atomic mass is 10.2. The van der Waals surface area contributed by atoms with Gasteiger partial charge in [0.1, 0.15) is 6.26 Å². The molecule has 1 aliphatic rings. The number of hydrogen-bond acceptors (Lipinski definition) is 4. The molecule has 1 aliphatic heterocycles. The SMILES string of the molecule is CCCC(OC=O)C1=COCO1. The molecule has 1 rings (SSSR count). The lowest BCUT2D eigenvalue weighted by molar-refractivity contribution is -0.134. The molecule has 1 unspecified atom stereocenters. The summed E-state index contributed by atoms with van der Waals surface area (Å²) in [7, 11) is 0. The largest absolute Gasteiger partial charge is 0.461 e. The van der Waals surface area contributed by atoms with E-state index >= 15 is 0 Å². The van der Waals surface area contributed by atoms with E-state index in [1.807, 2.05) is 6.92 Å². The summed E-state index contributed by atoms with van der Waals surface area (Å²) in [5.74, 6) is 0.601. The van der Waals surface area contributed by atoms with Crippen LogP contribution in [-0.4, -0.2) is 19.4 Å². The van der Waals surface area contributed by atoms with Crippen LogP contribution < -0.4 is 0 Å². The summed E-state index contributed by atoms with van der Waals surface area (Å²) in [6, 6.07) is 0. The number of carbonyl (C=O) groups is 1. The van der Waals surface area contributed by atoms with Crippen LogP contribution in [-0.2, 0) is 19.0 Å². The fraction of sp³-hybridized carbons (Fsp3) is 0.625. The molecule has 0 bridgehead atoms. The molecule has 0 aromatic heterocycles. The smallest absolute Gasteiger partial charge is 0.293 e. The molecule has 4 nitrogen and oxygen atoms in total. The van der Waals surface area contributed by atoms with E-state index in [0.717, 1.165) is 12.8 Å². The molecule has 68 valence electrons. The Bertz CT molecular complexity index is 176. The van der Waals surface area contributed by atoms with Crippen molar-refractivity contribution in [2.24, 2.45) is 0 Å². The van der Waals surface area contributed by atoms with E-state index in [1.165, 1.54) is 6.26 Å². The second-order valence-electron chi connectivity index (χ2n) is 2.46. The van der Waals surface area contributed by atoms with Crippen LogP contribution in [0.1, 0.15) is 19.8 Å². The van der Waals surface area contributed by atoms with Crippen molar-refractivity contribution in [2.45, 2.75) is 25.9 Å². The first-order valence-electron chi connectivity index (χ1n) is 3.92. The summed E-state index contributed by atoms with van der Waals surface area (Å²) in [5, 5.41) is 0. The first-order valence-corrected chi connectivity index (χ1v) is 3.92. The molecule has 0 aromatic rings. The quantitative estimate of drug-likeness (QED) is 0.584. The van der Waals surface area contributed by atoms with Gasteiger partial charge in [-0.15, -0.1) is 0 Å². The lowest BCUT2D eigenvalue weighted by Gasteiger charge is -2.12. The van der Waals surface area contributed by atoms with E-state index in [4.69, 9.17) is 14.2 Å². The van der Waals surface area contributed by atoms with E-state index in [1.54, 1.807) is 0 Å². The van der Waals surface area contributed by atoms with Gasteiger partial charge in [0, 0.05) is 0 Å². The van der Waals surface area contributed by atoms with Gasteiger partial charge in [0.05, 0.1) is 0 Å². The van der Waals surface area contributed by atoms with E-state index in [0.29, 0.717) is 12.2 Å². The molecule has 0 fully saturated rings. The molecule has 1 atom stereocenters. The van der Waals surface area contributed by atoms with E-state index in [-0.39, 0.29) is 12.9 Å². The highest BCUT2D eigenvalue weighted by molar-refractivity contribution is 5.38. The molecule has 0 aromatic carbocycles. The predicted molar refractivity (Wildman–Crippen MR) is 41.0 cm³/mol. The lowest BCUT2D eigenvalue weighted by Crippen LogP contribution is -2.15. The Kier molecular flexibility index (Phi) is 3.44. The Morgan fingerprint density at radius 2 is 2.67 bits per heavy atom. The van der Waals surface area contributed by atoms with E-state index in [9.17, 15) is 4.79 Å². The standard InChI is InChI=1S/C8H12O4/c1-2-3-7(11-5-9)8-4-10-6-12-8/h4-5,7H,2-3,6H2,1H3. The van der Waals surface area contributed by atoms with Gasteiger partial charge >= 0.3 is 0 Å². The van der Waals surface area contributed by atoms with Gasteiger partial charge in [-0.1, -0.05) is 13.3 Å². The van der Waals surface area contributed by atoms with Gasteiger partial charge in [-0.25, -0.2) is 0 Å². The summed E-state index contributed by atoms with van der Waals surface area (Å²) in [5.41, 5.74) is 0. The molecule has 0 aliphatic carbocycles. The minimum absolute atomic E-state index is 0.220. The third-order valence-corrected chi connectivity index (χ3v) is 1.58. The topological polar surface area (TPSA) is 44.8 Å². The molecular weight excluding hydrogens is 160 g/mol. The average molecular weight is 172 g/mol. The highest BCUT2D eigenvalue weighted by Gasteiger charge is 2.19. The first kappa shape index (κ1) is 8.90. The minimum atomic E-state index is -0.282. The van der Waals surface area contributed by atoms with Crippen LogP contribution in [0.5, 0.6) is 0 Å². The Labute approximate surface area is 71.1 Å². The van der Waals surface area contributed by atoms with Crippen LogP contribution in [0.3, 0.4) is 0 Å². The van der Waals surface area contributed by atoms with Crippen molar-refractivity contribution in [1.82, 2.24) is 0 Å². The van der Waals surface area contributed by atoms with Gasteiger partial charge in [0.2, 0.25) is 6.79 Å². The first-order chi connectivity index (χ1) is 5.88. The molecule has 0 saturated heterocycles. The summed E-state index contributed by atoms with van der Waals surface area (Å²) < 4.78 is 14.7. The monoisotopic (exact) mass is 172 g/mol. The van der Waals surface area contributed by atoms with Gasteiger partial charge in [-0.3, -0.25) is 4.79 Å². The van der Waals surface area contributed by atoms with Gasteiger partial charge < -0.3 is 14.2 Å². The predicted octanol–water partition coefficient (Wildman–Crippen LogP) is 1.17. The van der Waals surface area contributed by atoms with Crippen LogP contribution in [0.2, 0.25) is 0 Å². The third kappa shape index (κ3) is 2.15. The fourth-order valence-electron chi connectivity index (χ4n) is 1.03. The van der Waals surface area contributed by atoms with Crippen LogP contribution in [0.25, 0.3) is 0 Å². The second kappa shape index (κ2) is 4.64. The Morgan fingerprint density at radius 3 is 3.17 bits per heavy atom. The molecular formula is C8H12O4. The van der Waals surface area contributed by atoms with Crippen molar-refractivity contribution in [3.05, 3.63) is 12.0 Å². The number of hydrogen-bond donors (Lipinski definition) is 0. The van der Waals surface area contributed by atoms with Crippen LogP contribution >= 0.6 is 0 Å². The number of ether oxygens (including phenoxy) is 3. The van der Waals surface area contributed by atoms with Crippen molar-refractivity contribution in [3.8, 4) is 0 Å². The summed E-state index contributed by atoms with van der Waals surface area (Å²) in [6.07, 6.45) is 2.90.